The van der Waals surface area contributed by atoms with Crippen molar-refractivity contribution in [2.45, 2.75) is 32.7 Å². The first-order valence-corrected chi connectivity index (χ1v) is 7.51. The molecule has 1 unspecified atom stereocenters. The van der Waals surface area contributed by atoms with Crippen LogP contribution in [0, 0.1) is 0 Å². The minimum atomic E-state index is 0.0876. The molecular weight excluding hydrogens is 252 g/mol. The molecule has 1 aliphatic rings. The Hall–Kier alpha value is -1.55. The fourth-order valence-electron chi connectivity index (χ4n) is 2.68. The van der Waals surface area contributed by atoms with E-state index in [0.29, 0.717) is 24.0 Å². The minimum absolute atomic E-state index is 0.0876. The Morgan fingerprint density at radius 2 is 2.20 bits per heavy atom. The van der Waals surface area contributed by atoms with Crippen molar-refractivity contribution in [2.75, 3.05) is 26.2 Å². The lowest BCUT2D eigenvalue weighted by molar-refractivity contribution is 0.0688. The highest BCUT2D eigenvalue weighted by Crippen LogP contribution is 2.22. The Morgan fingerprint density at radius 1 is 1.40 bits per heavy atom. The molecule has 1 N–H and O–H groups in total. The summed E-state index contributed by atoms with van der Waals surface area (Å²) in [4.78, 5) is 14.8. The van der Waals surface area contributed by atoms with E-state index in [9.17, 15) is 4.79 Å². The van der Waals surface area contributed by atoms with E-state index in [1.54, 1.807) is 0 Å². The number of nitrogens with one attached hydrogen (secondary N) is 1. The quantitative estimate of drug-likeness (QED) is 0.867. The van der Waals surface area contributed by atoms with Gasteiger partial charge in [-0.05, 0) is 38.4 Å². The second-order valence-electron chi connectivity index (χ2n) is 5.07. The zero-order valence-electron chi connectivity index (χ0n) is 12.4. The van der Waals surface area contributed by atoms with Crippen molar-refractivity contribution in [2.24, 2.45) is 0 Å². The van der Waals surface area contributed by atoms with Crippen molar-refractivity contribution in [3.8, 4) is 5.75 Å². The van der Waals surface area contributed by atoms with Crippen LogP contribution in [0.25, 0.3) is 0 Å². The van der Waals surface area contributed by atoms with Crippen LogP contribution in [0.4, 0.5) is 0 Å². The third-order valence-electron chi connectivity index (χ3n) is 3.62. The van der Waals surface area contributed by atoms with Gasteiger partial charge in [0.1, 0.15) is 5.75 Å². The number of hydrogen-bond acceptors (Lipinski definition) is 3. The molecule has 1 saturated heterocycles. The average Bonchev–Trinajstić information content (AvgIpc) is 2.99. The van der Waals surface area contributed by atoms with Gasteiger partial charge in [-0.2, -0.15) is 0 Å². The molecule has 1 fully saturated rings. The number of carbonyl (C=O) groups excluding carboxylic acids is 1. The van der Waals surface area contributed by atoms with Crippen molar-refractivity contribution in [3.63, 3.8) is 0 Å². The first-order valence-electron chi connectivity index (χ1n) is 7.51. The standard InChI is InChI=1S/C16H24N2O2/c1-3-11-18(13-9-10-17-12-13)16(19)14-7-5-6-8-15(14)20-4-2/h5-8,13,17H,3-4,9-12H2,1-2H3. The van der Waals surface area contributed by atoms with E-state index in [0.717, 1.165) is 32.5 Å². The van der Waals surface area contributed by atoms with Gasteiger partial charge in [-0.25, -0.2) is 0 Å². The van der Waals surface area contributed by atoms with Crippen LogP contribution in [0.1, 0.15) is 37.0 Å². The number of para-hydroxylation sites is 1. The number of carbonyl (C=O) groups is 1. The van der Waals surface area contributed by atoms with E-state index in [4.69, 9.17) is 4.74 Å². The molecule has 0 saturated carbocycles. The monoisotopic (exact) mass is 276 g/mol. The molecular formula is C16H24N2O2. The van der Waals surface area contributed by atoms with Gasteiger partial charge in [0.05, 0.1) is 12.2 Å². The van der Waals surface area contributed by atoms with Crippen LogP contribution in [-0.2, 0) is 0 Å². The molecule has 1 aliphatic heterocycles. The number of rotatable bonds is 6. The highest BCUT2D eigenvalue weighted by atomic mass is 16.5. The average molecular weight is 276 g/mol. The van der Waals surface area contributed by atoms with Crippen LogP contribution in [0.3, 0.4) is 0 Å². The van der Waals surface area contributed by atoms with Gasteiger partial charge in [-0.3, -0.25) is 4.79 Å². The van der Waals surface area contributed by atoms with E-state index < -0.39 is 0 Å². The molecule has 4 heteroatoms. The number of nitrogens with zero attached hydrogens (tertiary/aromatic N) is 1. The van der Waals surface area contributed by atoms with Crippen molar-refractivity contribution >= 4 is 5.91 Å². The van der Waals surface area contributed by atoms with Gasteiger partial charge in [0, 0.05) is 19.1 Å². The predicted molar refractivity (Wildman–Crippen MR) is 80.2 cm³/mol. The van der Waals surface area contributed by atoms with E-state index in [1.165, 1.54) is 0 Å². The fourth-order valence-corrected chi connectivity index (χ4v) is 2.68. The summed E-state index contributed by atoms with van der Waals surface area (Å²) < 4.78 is 5.59. The normalized spacial score (nSPS) is 18.0. The minimum Gasteiger partial charge on any atom is -0.493 e. The summed E-state index contributed by atoms with van der Waals surface area (Å²) in [5.74, 6) is 0.775. The second kappa shape index (κ2) is 7.29. The van der Waals surface area contributed by atoms with Crippen LogP contribution in [0.2, 0.25) is 0 Å². The number of hydrogen-bond donors (Lipinski definition) is 1. The van der Waals surface area contributed by atoms with Gasteiger partial charge in [-0.1, -0.05) is 19.1 Å². The maximum atomic E-state index is 12.8. The molecule has 1 atom stereocenters. The molecule has 1 amide bonds. The lowest BCUT2D eigenvalue weighted by atomic mass is 10.1. The highest BCUT2D eigenvalue weighted by molar-refractivity contribution is 5.97. The predicted octanol–water partition coefficient (Wildman–Crippen LogP) is 2.30. The van der Waals surface area contributed by atoms with Crippen molar-refractivity contribution in [1.82, 2.24) is 10.2 Å². The Labute approximate surface area is 121 Å². The Kier molecular flexibility index (Phi) is 5.41. The molecule has 1 aromatic carbocycles. The summed E-state index contributed by atoms with van der Waals surface area (Å²) in [5.41, 5.74) is 0.676. The zero-order valence-corrected chi connectivity index (χ0v) is 12.4. The molecule has 1 aromatic rings. The van der Waals surface area contributed by atoms with E-state index in [2.05, 4.69) is 12.2 Å². The number of amides is 1. The smallest absolute Gasteiger partial charge is 0.257 e. The van der Waals surface area contributed by atoms with Gasteiger partial charge in [0.2, 0.25) is 0 Å². The van der Waals surface area contributed by atoms with Gasteiger partial charge < -0.3 is 15.0 Å². The van der Waals surface area contributed by atoms with Gasteiger partial charge in [-0.15, -0.1) is 0 Å². The molecule has 0 aliphatic carbocycles. The van der Waals surface area contributed by atoms with Crippen molar-refractivity contribution < 1.29 is 9.53 Å². The van der Waals surface area contributed by atoms with Crippen molar-refractivity contribution in [1.29, 1.82) is 0 Å². The van der Waals surface area contributed by atoms with E-state index in [1.807, 2.05) is 36.1 Å². The molecule has 0 spiro atoms. The molecule has 0 aromatic heterocycles. The van der Waals surface area contributed by atoms with Crippen LogP contribution in [0.15, 0.2) is 24.3 Å². The van der Waals surface area contributed by atoms with Crippen molar-refractivity contribution in [3.05, 3.63) is 29.8 Å². The van der Waals surface area contributed by atoms with Gasteiger partial charge in [0.25, 0.3) is 5.91 Å². The largest absolute Gasteiger partial charge is 0.493 e. The first-order chi connectivity index (χ1) is 9.77. The molecule has 4 nitrogen and oxygen atoms in total. The Morgan fingerprint density at radius 3 is 2.85 bits per heavy atom. The van der Waals surface area contributed by atoms with E-state index >= 15 is 0 Å². The van der Waals surface area contributed by atoms with Crippen LogP contribution >= 0.6 is 0 Å². The number of benzene rings is 1. The molecule has 1 heterocycles. The van der Waals surface area contributed by atoms with E-state index in [-0.39, 0.29) is 5.91 Å². The Bertz CT molecular complexity index is 442. The summed E-state index contributed by atoms with van der Waals surface area (Å²) in [7, 11) is 0. The first kappa shape index (κ1) is 14.9. The van der Waals surface area contributed by atoms with Crippen LogP contribution in [0.5, 0.6) is 5.75 Å². The van der Waals surface area contributed by atoms with Crippen LogP contribution in [-0.4, -0.2) is 43.1 Å². The highest BCUT2D eigenvalue weighted by Gasteiger charge is 2.28. The molecule has 0 bridgehead atoms. The molecule has 0 radical (unpaired) electrons. The maximum Gasteiger partial charge on any atom is 0.257 e. The maximum absolute atomic E-state index is 12.8. The summed E-state index contributed by atoms with van der Waals surface area (Å²) in [6, 6.07) is 7.83. The fraction of sp³-hybridized carbons (Fsp3) is 0.562. The third kappa shape index (κ3) is 3.31. The lowest BCUT2D eigenvalue weighted by Gasteiger charge is -2.29. The molecule has 2 rings (SSSR count). The van der Waals surface area contributed by atoms with Gasteiger partial charge in [0.15, 0.2) is 0 Å². The number of ether oxygens (including phenoxy) is 1. The Balaban J connectivity index is 2.22. The summed E-state index contributed by atoms with van der Waals surface area (Å²) in [6.07, 6.45) is 2.00. The topological polar surface area (TPSA) is 41.6 Å². The lowest BCUT2D eigenvalue weighted by Crippen LogP contribution is -2.42. The summed E-state index contributed by atoms with van der Waals surface area (Å²) in [5, 5.41) is 3.33. The summed E-state index contributed by atoms with van der Waals surface area (Å²) in [6.45, 7) is 7.30. The zero-order chi connectivity index (χ0) is 14.4. The SMILES string of the molecule is CCCN(C(=O)c1ccccc1OCC)C1CCNC1. The molecule has 110 valence electrons. The van der Waals surface area contributed by atoms with Crippen LogP contribution < -0.4 is 10.1 Å². The van der Waals surface area contributed by atoms with Gasteiger partial charge >= 0.3 is 0 Å². The summed E-state index contributed by atoms with van der Waals surface area (Å²) >= 11 is 0. The molecule has 20 heavy (non-hydrogen) atoms. The second-order valence-corrected chi connectivity index (χ2v) is 5.07. The third-order valence-corrected chi connectivity index (χ3v) is 3.62.